The topological polar surface area (TPSA) is 102 Å². The Kier molecular flexibility index (Phi) is 4.59. The lowest BCUT2D eigenvalue weighted by molar-refractivity contribution is -0.168. The van der Waals surface area contributed by atoms with E-state index in [-0.39, 0.29) is 17.6 Å². The molecule has 1 saturated heterocycles. The molecule has 1 aromatic carbocycles. The first-order valence-corrected chi connectivity index (χ1v) is 9.90. The van der Waals surface area contributed by atoms with Gasteiger partial charge in [-0.15, -0.1) is 0 Å². The van der Waals surface area contributed by atoms with E-state index in [1.807, 2.05) is 41.1 Å². The van der Waals surface area contributed by atoms with E-state index in [1.54, 1.807) is 17.2 Å². The molecule has 154 valence electrons. The van der Waals surface area contributed by atoms with Crippen LogP contribution in [0.1, 0.15) is 29.2 Å². The Bertz CT molecular complexity index is 1040. The number of nitrogens with zero attached hydrogens (tertiary/aromatic N) is 4. The average Bonchev–Trinajstić information content (AvgIpc) is 3.47. The Morgan fingerprint density at radius 3 is 2.63 bits per heavy atom. The summed E-state index contributed by atoms with van der Waals surface area (Å²) in [6, 6.07) is 10.9. The molecule has 2 amide bonds. The third-order valence-corrected chi connectivity index (χ3v) is 5.69. The lowest BCUT2D eigenvalue weighted by Gasteiger charge is -2.45. The van der Waals surface area contributed by atoms with Crippen molar-refractivity contribution >= 4 is 17.5 Å². The zero-order valence-electron chi connectivity index (χ0n) is 16.2. The SMILES string of the molecule is O=C(Nc1ccccc1)[C@H]1Cn2ccnc2C2(CCN(C(=O)c3ccno3)CC2)O1. The minimum Gasteiger partial charge on any atom is -0.352 e. The molecule has 9 heteroatoms. The number of para-hydroxylation sites is 1. The van der Waals surface area contributed by atoms with Crippen molar-refractivity contribution < 1.29 is 18.8 Å². The van der Waals surface area contributed by atoms with Gasteiger partial charge in [-0.3, -0.25) is 9.59 Å². The molecule has 1 spiro atoms. The van der Waals surface area contributed by atoms with Gasteiger partial charge in [0.2, 0.25) is 5.76 Å². The molecular weight excluding hydrogens is 386 g/mol. The largest absolute Gasteiger partial charge is 0.352 e. The number of piperidine rings is 1. The number of rotatable bonds is 3. The number of hydrogen-bond donors (Lipinski definition) is 1. The number of hydrogen-bond acceptors (Lipinski definition) is 6. The maximum absolute atomic E-state index is 12.9. The van der Waals surface area contributed by atoms with Crippen molar-refractivity contribution in [2.75, 3.05) is 18.4 Å². The molecule has 0 bridgehead atoms. The van der Waals surface area contributed by atoms with E-state index in [9.17, 15) is 9.59 Å². The second-order valence-corrected chi connectivity index (χ2v) is 7.53. The lowest BCUT2D eigenvalue weighted by Crippen LogP contribution is -2.54. The number of carbonyl (C=O) groups excluding carboxylic acids is 2. The van der Waals surface area contributed by atoms with E-state index in [4.69, 9.17) is 9.26 Å². The molecule has 0 radical (unpaired) electrons. The Hall–Kier alpha value is -3.46. The molecule has 3 aromatic rings. The average molecular weight is 407 g/mol. The van der Waals surface area contributed by atoms with Crippen LogP contribution in [0, 0.1) is 0 Å². The van der Waals surface area contributed by atoms with Crippen LogP contribution in [-0.2, 0) is 21.7 Å². The van der Waals surface area contributed by atoms with Gasteiger partial charge in [0, 0.05) is 50.1 Å². The van der Waals surface area contributed by atoms with E-state index in [1.165, 1.54) is 6.20 Å². The standard InChI is InChI=1S/C21H21N5O4/c27-18(24-15-4-2-1-3-5-15)17-14-26-13-10-22-20(26)21(29-17)7-11-25(12-8-21)19(28)16-6-9-23-30-16/h1-6,9-10,13,17H,7-8,11-12,14H2,(H,24,27)/t17-/m1/s1. The number of aromatic nitrogens is 3. The van der Waals surface area contributed by atoms with Crippen molar-refractivity contribution in [3.63, 3.8) is 0 Å². The van der Waals surface area contributed by atoms with Gasteiger partial charge in [-0.1, -0.05) is 23.4 Å². The van der Waals surface area contributed by atoms with Gasteiger partial charge in [0.05, 0.1) is 12.7 Å². The van der Waals surface area contributed by atoms with E-state index in [2.05, 4.69) is 15.5 Å². The first-order chi connectivity index (χ1) is 14.6. The molecule has 30 heavy (non-hydrogen) atoms. The first-order valence-electron chi connectivity index (χ1n) is 9.90. The molecule has 1 atom stereocenters. The molecule has 0 aliphatic carbocycles. The number of anilines is 1. The highest BCUT2D eigenvalue weighted by Crippen LogP contribution is 2.40. The van der Waals surface area contributed by atoms with E-state index in [0.29, 0.717) is 32.5 Å². The molecule has 9 nitrogen and oxygen atoms in total. The van der Waals surface area contributed by atoms with Gasteiger partial charge in [-0.2, -0.15) is 0 Å². The van der Waals surface area contributed by atoms with Gasteiger partial charge < -0.3 is 24.0 Å². The predicted octanol–water partition coefficient (Wildman–Crippen LogP) is 2.04. The zero-order valence-corrected chi connectivity index (χ0v) is 16.2. The van der Waals surface area contributed by atoms with E-state index in [0.717, 1.165) is 11.5 Å². The number of amides is 2. The summed E-state index contributed by atoms with van der Waals surface area (Å²) in [5, 5.41) is 6.52. The van der Waals surface area contributed by atoms with Gasteiger partial charge >= 0.3 is 0 Å². The molecule has 2 aliphatic heterocycles. The second kappa shape index (κ2) is 7.42. The molecule has 5 rings (SSSR count). The maximum atomic E-state index is 12.9. The summed E-state index contributed by atoms with van der Waals surface area (Å²) in [5.41, 5.74) is 0.0163. The van der Waals surface area contributed by atoms with Crippen LogP contribution in [0.5, 0.6) is 0 Å². The van der Waals surface area contributed by atoms with Gasteiger partial charge in [0.15, 0.2) is 6.10 Å². The fourth-order valence-corrected chi connectivity index (χ4v) is 4.17. The minimum absolute atomic E-state index is 0.194. The van der Waals surface area contributed by atoms with Gasteiger partial charge in [0.1, 0.15) is 11.4 Å². The predicted molar refractivity (Wildman–Crippen MR) is 105 cm³/mol. The molecule has 2 aromatic heterocycles. The van der Waals surface area contributed by atoms with Gasteiger partial charge in [-0.05, 0) is 12.1 Å². The summed E-state index contributed by atoms with van der Waals surface area (Å²) in [6.45, 7) is 1.34. The van der Waals surface area contributed by atoms with Crippen molar-refractivity contribution in [1.29, 1.82) is 0 Å². The molecule has 0 unspecified atom stereocenters. The van der Waals surface area contributed by atoms with Crippen molar-refractivity contribution in [3.8, 4) is 0 Å². The van der Waals surface area contributed by atoms with Crippen LogP contribution in [0.3, 0.4) is 0 Å². The summed E-state index contributed by atoms with van der Waals surface area (Å²) in [4.78, 5) is 31.7. The van der Waals surface area contributed by atoms with Crippen LogP contribution in [0.2, 0.25) is 0 Å². The normalized spacial score (nSPS) is 20.0. The molecule has 2 aliphatic rings. The molecular formula is C21H21N5O4. The minimum atomic E-state index is -0.710. The summed E-state index contributed by atoms with van der Waals surface area (Å²) >= 11 is 0. The number of carbonyl (C=O) groups is 2. The monoisotopic (exact) mass is 407 g/mol. The van der Waals surface area contributed by atoms with E-state index >= 15 is 0 Å². The zero-order chi connectivity index (χ0) is 20.6. The van der Waals surface area contributed by atoms with Crippen LogP contribution in [0.15, 0.2) is 59.5 Å². The number of fused-ring (bicyclic) bond motifs is 2. The van der Waals surface area contributed by atoms with Crippen LogP contribution in [0.4, 0.5) is 5.69 Å². The second-order valence-electron chi connectivity index (χ2n) is 7.53. The molecule has 1 N–H and O–H groups in total. The molecule has 0 saturated carbocycles. The highest BCUT2D eigenvalue weighted by Gasteiger charge is 2.47. The Labute approximate surface area is 172 Å². The Balaban J connectivity index is 1.33. The highest BCUT2D eigenvalue weighted by molar-refractivity contribution is 5.94. The fourth-order valence-electron chi connectivity index (χ4n) is 4.17. The van der Waals surface area contributed by atoms with E-state index < -0.39 is 11.7 Å². The summed E-state index contributed by atoms with van der Waals surface area (Å²) in [5.74, 6) is 0.634. The quantitative estimate of drug-likeness (QED) is 0.713. The Morgan fingerprint density at radius 1 is 1.10 bits per heavy atom. The Morgan fingerprint density at radius 2 is 1.90 bits per heavy atom. The summed E-state index contributed by atoms with van der Waals surface area (Å²) in [6.07, 6.45) is 5.48. The number of imidazole rings is 1. The molecule has 1 fully saturated rings. The maximum Gasteiger partial charge on any atom is 0.292 e. The van der Waals surface area contributed by atoms with Gasteiger partial charge in [0.25, 0.3) is 11.8 Å². The number of likely N-dealkylation sites (tertiary alicyclic amines) is 1. The summed E-state index contributed by atoms with van der Waals surface area (Å²) < 4.78 is 13.4. The van der Waals surface area contributed by atoms with Crippen molar-refractivity contribution in [2.45, 2.75) is 31.1 Å². The van der Waals surface area contributed by atoms with Crippen molar-refractivity contribution in [1.82, 2.24) is 19.6 Å². The smallest absolute Gasteiger partial charge is 0.292 e. The van der Waals surface area contributed by atoms with Crippen LogP contribution < -0.4 is 5.32 Å². The summed E-state index contributed by atoms with van der Waals surface area (Å²) in [7, 11) is 0. The number of nitrogens with one attached hydrogen (secondary N) is 1. The molecule has 4 heterocycles. The van der Waals surface area contributed by atoms with Crippen LogP contribution >= 0.6 is 0 Å². The number of benzene rings is 1. The lowest BCUT2D eigenvalue weighted by atomic mass is 9.88. The van der Waals surface area contributed by atoms with Crippen molar-refractivity contribution in [3.05, 3.63) is 66.6 Å². The van der Waals surface area contributed by atoms with Gasteiger partial charge in [-0.25, -0.2) is 4.98 Å². The fraction of sp³-hybridized carbons (Fsp3) is 0.333. The first kappa shape index (κ1) is 18.6. The third kappa shape index (κ3) is 3.26. The highest BCUT2D eigenvalue weighted by atomic mass is 16.5. The third-order valence-electron chi connectivity index (χ3n) is 5.69. The van der Waals surface area contributed by atoms with Crippen molar-refractivity contribution in [2.24, 2.45) is 0 Å². The van der Waals surface area contributed by atoms with Crippen LogP contribution in [0.25, 0.3) is 0 Å². The van der Waals surface area contributed by atoms with Crippen LogP contribution in [-0.4, -0.2) is 50.6 Å². The number of ether oxygens (including phenoxy) is 1.